The molecule has 1 aliphatic rings. The smallest absolute Gasteiger partial charge is 0.184 e. The zero-order chi connectivity index (χ0) is 27.6. The van der Waals surface area contributed by atoms with Crippen molar-refractivity contribution in [1.82, 2.24) is 4.57 Å². The van der Waals surface area contributed by atoms with Crippen LogP contribution in [-0.4, -0.2) is 29.0 Å². The van der Waals surface area contributed by atoms with Crippen LogP contribution in [0.15, 0.2) is 55.6 Å². The fourth-order valence-corrected chi connectivity index (χ4v) is 6.65. The first-order valence-corrected chi connectivity index (χ1v) is 14.7. The highest BCUT2D eigenvalue weighted by molar-refractivity contribution is 8.02. The zero-order valence-electron chi connectivity index (χ0n) is 22.9. The molecule has 0 saturated carbocycles. The lowest BCUT2D eigenvalue weighted by Crippen LogP contribution is -2.24. The highest BCUT2D eigenvalue weighted by atomic mass is 32.2. The minimum absolute atomic E-state index is 0.115. The third kappa shape index (κ3) is 6.01. The number of amidine groups is 2. The van der Waals surface area contributed by atoms with Crippen molar-refractivity contribution in [3.63, 3.8) is 0 Å². The third-order valence-corrected chi connectivity index (χ3v) is 9.49. The molecule has 1 atom stereocenters. The van der Waals surface area contributed by atoms with E-state index in [1.165, 1.54) is 11.8 Å². The van der Waals surface area contributed by atoms with E-state index in [-0.39, 0.29) is 21.7 Å². The minimum atomic E-state index is -0.841. The molecular formula is C30H36F2N4S2. The van der Waals surface area contributed by atoms with E-state index in [1.807, 2.05) is 42.7 Å². The van der Waals surface area contributed by atoms with Gasteiger partial charge in [0.15, 0.2) is 17.5 Å². The van der Waals surface area contributed by atoms with Crippen LogP contribution in [0.2, 0.25) is 0 Å². The second kappa shape index (κ2) is 11.7. The van der Waals surface area contributed by atoms with Gasteiger partial charge in [0, 0.05) is 53.4 Å². The van der Waals surface area contributed by atoms with Crippen molar-refractivity contribution in [3.05, 3.63) is 64.2 Å². The average Bonchev–Trinajstić information content (AvgIpc) is 3.26. The summed E-state index contributed by atoms with van der Waals surface area (Å²) in [5, 5.41) is 2.71. The number of rotatable bonds is 0. The number of thioether (sulfide) groups is 1. The van der Waals surface area contributed by atoms with E-state index in [4.69, 9.17) is 10.7 Å². The van der Waals surface area contributed by atoms with Gasteiger partial charge in [0.1, 0.15) is 5.84 Å². The van der Waals surface area contributed by atoms with Gasteiger partial charge in [-0.1, -0.05) is 45.0 Å². The number of nitrogens with two attached hydrogens (primary N) is 1. The molecule has 0 amide bonds. The molecule has 2 aromatic carbocycles. The lowest BCUT2D eigenvalue weighted by atomic mass is 9.87. The highest BCUT2D eigenvalue weighted by Crippen LogP contribution is 2.41. The second-order valence-electron chi connectivity index (χ2n) is 10.8. The Morgan fingerprint density at radius 3 is 2.68 bits per heavy atom. The van der Waals surface area contributed by atoms with Crippen molar-refractivity contribution in [2.45, 2.75) is 56.7 Å². The Morgan fingerprint density at radius 2 is 1.95 bits per heavy atom. The van der Waals surface area contributed by atoms with E-state index in [2.05, 4.69) is 25.8 Å². The summed E-state index contributed by atoms with van der Waals surface area (Å²) >= 11 is 2.92. The largest absolute Gasteiger partial charge is 0.387 e. The number of nitrogens with zero attached hydrogens (tertiary/aromatic N) is 3. The van der Waals surface area contributed by atoms with Crippen LogP contribution in [0.4, 0.5) is 8.78 Å². The van der Waals surface area contributed by atoms with E-state index < -0.39 is 11.6 Å². The van der Waals surface area contributed by atoms with Gasteiger partial charge in [0.2, 0.25) is 0 Å². The fraction of sp³-hybridized carbons (Fsp3) is 0.400. The van der Waals surface area contributed by atoms with Crippen LogP contribution in [0.5, 0.6) is 0 Å². The van der Waals surface area contributed by atoms with Crippen LogP contribution in [-0.2, 0) is 7.05 Å². The maximum Gasteiger partial charge on any atom is 0.184 e. The van der Waals surface area contributed by atoms with Gasteiger partial charge in [0.25, 0.3) is 0 Å². The van der Waals surface area contributed by atoms with E-state index in [0.717, 1.165) is 41.0 Å². The van der Waals surface area contributed by atoms with Crippen molar-refractivity contribution >= 4 is 52.2 Å². The van der Waals surface area contributed by atoms with Crippen LogP contribution in [0.1, 0.15) is 56.7 Å². The van der Waals surface area contributed by atoms with Crippen LogP contribution in [0, 0.1) is 29.9 Å². The van der Waals surface area contributed by atoms with E-state index in [9.17, 15) is 0 Å². The zero-order valence-corrected chi connectivity index (χ0v) is 24.6. The molecule has 0 fully saturated rings. The normalized spacial score (nSPS) is 21.0. The van der Waals surface area contributed by atoms with E-state index >= 15 is 8.78 Å². The predicted molar refractivity (Wildman–Crippen MR) is 161 cm³/mol. The Bertz CT molecular complexity index is 1440. The van der Waals surface area contributed by atoms with Crippen molar-refractivity contribution in [2.75, 3.05) is 12.8 Å². The number of aliphatic imine (C=N–C) groups is 2. The molecule has 4 rings (SSSR count). The van der Waals surface area contributed by atoms with Gasteiger partial charge in [-0.3, -0.25) is 4.99 Å². The summed E-state index contributed by atoms with van der Waals surface area (Å²) in [5.41, 5.74) is 9.30. The maximum absolute atomic E-state index is 15.6. The molecule has 0 aliphatic carbocycles. The Hall–Kier alpha value is -2.58. The lowest BCUT2D eigenvalue weighted by Gasteiger charge is -2.24. The number of hydrogen-bond donors (Lipinski definition) is 1. The summed E-state index contributed by atoms with van der Waals surface area (Å²) in [6.07, 6.45) is 6.74. The molecule has 8 heteroatoms. The number of hydrogen-bond acceptors (Lipinski definition) is 4. The molecule has 3 aromatic rings. The monoisotopic (exact) mass is 554 g/mol. The standard InChI is InChI=1S/C30H36F2N4S2/c1-18-9-10-20-16-23(18)29(34-5)35-28(33)19(2)8-7-13-30(3,4)17-37-15-12-22-21-11-14-36(6)26(21)24(31)25(32)27(22)38-20/h9-12,14-16,19H,7-8,13,17H2,1-6H3,(H2,33,34,35)/b15-12+. The molecule has 2 N–H and O–H groups in total. The highest BCUT2D eigenvalue weighted by Gasteiger charge is 2.23. The molecule has 38 heavy (non-hydrogen) atoms. The van der Waals surface area contributed by atoms with Crippen LogP contribution in [0.3, 0.4) is 0 Å². The van der Waals surface area contributed by atoms with Gasteiger partial charge >= 0.3 is 0 Å². The molecule has 0 radical (unpaired) electrons. The second-order valence-corrected chi connectivity index (χ2v) is 12.8. The third-order valence-electron chi connectivity index (χ3n) is 7.12. The van der Waals surface area contributed by atoms with Gasteiger partial charge in [-0.25, -0.2) is 13.8 Å². The number of aryl methyl sites for hydroxylation is 2. The van der Waals surface area contributed by atoms with E-state index in [0.29, 0.717) is 22.6 Å². The molecule has 4 nitrogen and oxygen atoms in total. The van der Waals surface area contributed by atoms with Crippen molar-refractivity contribution < 1.29 is 8.78 Å². The van der Waals surface area contributed by atoms with Crippen LogP contribution >= 0.6 is 23.5 Å². The molecular weight excluding hydrogens is 518 g/mol. The molecule has 1 unspecified atom stereocenters. The Morgan fingerprint density at radius 1 is 1.18 bits per heavy atom. The summed E-state index contributed by atoms with van der Waals surface area (Å²) in [7, 11) is 3.43. The van der Waals surface area contributed by atoms with Gasteiger partial charge in [-0.2, -0.15) is 0 Å². The SMILES string of the molecule is CN=C1N=C(N)C(C)CCCC(C)(C)CS/C=C/c2c(c(F)c(F)c3c2ccn3C)Sc2ccc(C)c1c2. The Kier molecular flexibility index (Phi) is 8.72. The number of benzene rings is 2. The van der Waals surface area contributed by atoms with Gasteiger partial charge in [0.05, 0.1) is 10.4 Å². The summed E-state index contributed by atoms with van der Waals surface area (Å²) in [6.45, 7) is 8.62. The lowest BCUT2D eigenvalue weighted by molar-refractivity contribution is 0.362. The molecule has 0 saturated heterocycles. The van der Waals surface area contributed by atoms with Gasteiger partial charge < -0.3 is 10.3 Å². The first-order chi connectivity index (χ1) is 18.0. The molecule has 0 spiro atoms. The average molecular weight is 555 g/mol. The first-order valence-electron chi connectivity index (χ1n) is 12.9. The maximum atomic E-state index is 15.6. The fourth-order valence-electron chi connectivity index (χ4n) is 4.71. The quantitative estimate of drug-likeness (QED) is 0.305. The van der Waals surface area contributed by atoms with Gasteiger partial charge in [-0.15, -0.1) is 11.8 Å². The predicted octanol–water partition coefficient (Wildman–Crippen LogP) is 8.20. The topological polar surface area (TPSA) is 55.7 Å². The minimum Gasteiger partial charge on any atom is -0.387 e. The summed E-state index contributed by atoms with van der Waals surface area (Å²) in [4.78, 5) is 10.2. The molecule has 202 valence electrons. The van der Waals surface area contributed by atoms with Crippen LogP contribution < -0.4 is 5.73 Å². The number of fused-ring (bicyclic) bond motifs is 5. The Balaban J connectivity index is 1.89. The molecule has 1 aromatic heterocycles. The first kappa shape index (κ1) is 28.4. The van der Waals surface area contributed by atoms with Gasteiger partial charge in [-0.05, 0) is 60.4 Å². The Labute approximate surface area is 232 Å². The van der Waals surface area contributed by atoms with Crippen molar-refractivity contribution in [2.24, 2.45) is 34.1 Å². The molecule has 1 aliphatic heterocycles. The number of halogens is 2. The molecule has 2 heterocycles. The number of aromatic nitrogens is 1. The van der Waals surface area contributed by atoms with E-state index in [1.54, 1.807) is 36.6 Å². The summed E-state index contributed by atoms with van der Waals surface area (Å²) in [6, 6.07) is 7.66. The van der Waals surface area contributed by atoms with Crippen molar-refractivity contribution in [1.29, 1.82) is 0 Å². The van der Waals surface area contributed by atoms with Crippen LogP contribution in [0.25, 0.3) is 17.0 Å². The summed E-state index contributed by atoms with van der Waals surface area (Å²) in [5.74, 6) is 0.467. The van der Waals surface area contributed by atoms with Crippen molar-refractivity contribution in [3.8, 4) is 0 Å². The summed E-state index contributed by atoms with van der Waals surface area (Å²) < 4.78 is 32.6. The molecule has 2 bridgehead atoms.